The monoisotopic (exact) mass is 246 g/mol. The van der Waals surface area contributed by atoms with Crippen LogP contribution in [0.2, 0.25) is 0 Å². The Morgan fingerprint density at radius 3 is 2.33 bits per heavy atom. The van der Waals surface area contributed by atoms with Crippen LogP contribution in [0.25, 0.3) is 0 Å². The summed E-state index contributed by atoms with van der Waals surface area (Å²) in [7, 11) is 1.23. The molecule has 0 aromatic heterocycles. The van der Waals surface area contributed by atoms with Gasteiger partial charge in [-0.05, 0) is 25.8 Å². The molecule has 1 aromatic rings. The summed E-state index contributed by atoms with van der Waals surface area (Å²) in [4.78, 5) is 23.4. The Labute approximate surface area is 107 Å². The number of methoxy groups -OCH3 is 1. The second-order valence-electron chi connectivity index (χ2n) is 4.34. The van der Waals surface area contributed by atoms with E-state index in [0.29, 0.717) is 6.42 Å². The molecule has 3 nitrogen and oxygen atoms in total. The third-order valence-corrected chi connectivity index (χ3v) is 2.67. The minimum absolute atomic E-state index is 0.464. The first-order chi connectivity index (χ1) is 8.56. The molecule has 1 aromatic carbocycles. The molecule has 1 rings (SSSR count). The standard InChI is InChI=1S/C15H18O3/c1-11(2)9-10-13(14(16)15(17)18-3)12-7-5-4-6-8-12/h4-9,13H,10H2,1-3H3. The maximum absolute atomic E-state index is 12.0. The smallest absolute Gasteiger partial charge is 0.374 e. The molecule has 0 saturated heterocycles. The van der Waals surface area contributed by atoms with Crippen molar-refractivity contribution in [1.29, 1.82) is 0 Å². The highest BCUT2D eigenvalue weighted by Crippen LogP contribution is 2.22. The summed E-state index contributed by atoms with van der Waals surface area (Å²) in [6.45, 7) is 3.93. The predicted molar refractivity (Wildman–Crippen MR) is 70.3 cm³/mol. The van der Waals surface area contributed by atoms with Crippen LogP contribution < -0.4 is 0 Å². The summed E-state index contributed by atoms with van der Waals surface area (Å²) < 4.78 is 4.51. The van der Waals surface area contributed by atoms with E-state index in [1.807, 2.05) is 50.3 Å². The highest BCUT2D eigenvalue weighted by molar-refractivity contribution is 6.35. The normalized spacial score (nSPS) is 11.5. The summed E-state index contributed by atoms with van der Waals surface area (Å²) in [6, 6.07) is 9.30. The van der Waals surface area contributed by atoms with Crippen molar-refractivity contribution in [1.82, 2.24) is 0 Å². The molecule has 0 amide bonds. The van der Waals surface area contributed by atoms with E-state index in [9.17, 15) is 9.59 Å². The molecule has 0 saturated carbocycles. The summed E-state index contributed by atoms with van der Waals surface area (Å²) in [5.41, 5.74) is 1.96. The Hall–Kier alpha value is -1.90. The van der Waals surface area contributed by atoms with Gasteiger partial charge in [0.2, 0.25) is 5.78 Å². The Balaban J connectivity index is 2.99. The molecular formula is C15H18O3. The van der Waals surface area contributed by atoms with Crippen LogP contribution in [0.5, 0.6) is 0 Å². The lowest BCUT2D eigenvalue weighted by Crippen LogP contribution is -2.23. The first kappa shape index (κ1) is 14.2. The Morgan fingerprint density at radius 2 is 1.83 bits per heavy atom. The van der Waals surface area contributed by atoms with Crippen LogP contribution in [-0.2, 0) is 14.3 Å². The lowest BCUT2D eigenvalue weighted by Gasteiger charge is -2.13. The number of hydrogen-bond donors (Lipinski definition) is 0. The molecule has 0 aliphatic rings. The molecule has 0 N–H and O–H groups in total. The summed E-state index contributed by atoms with van der Waals surface area (Å²) >= 11 is 0. The number of carbonyl (C=O) groups is 2. The van der Waals surface area contributed by atoms with Crippen LogP contribution in [0, 0.1) is 0 Å². The Bertz CT molecular complexity index is 442. The second-order valence-corrected chi connectivity index (χ2v) is 4.34. The van der Waals surface area contributed by atoms with E-state index in [2.05, 4.69) is 4.74 Å². The molecule has 3 heteroatoms. The fourth-order valence-corrected chi connectivity index (χ4v) is 1.68. The van der Waals surface area contributed by atoms with Gasteiger partial charge < -0.3 is 4.74 Å². The van der Waals surface area contributed by atoms with Gasteiger partial charge in [0.25, 0.3) is 0 Å². The molecule has 1 atom stereocenters. The van der Waals surface area contributed by atoms with Crippen LogP contribution in [0.4, 0.5) is 0 Å². The van der Waals surface area contributed by atoms with Crippen LogP contribution in [0.15, 0.2) is 42.0 Å². The van der Waals surface area contributed by atoms with Gasteiger partial charge in [-0.15, -0.1) is 0 Å². The van der Waals surface area contributed by atoms with Crippen LogP contribution in [-0.4, -0.2) is 18.9 Å². The van der Waals surface area contributed by atoms with Crippen molar-refractivity contribution in [2.24, 2.45) is 0 Å². The molecule has 0 bridgehead atoms. The van der Waals surface area contributed by atoms with Crippen molar-refractivity contribution in [3.63, 3.8) is 0 Å². The van der Waals surface area contributed by atoms with Crippen molar-refractivity contribution in [2.45, 2.75) is 26.2 Å². The molecular weight excluding hydrogens is 228 g/mol. The molecule has 1 unspecified atom stereocenters. The molecule has 0 aliphatic carbocycles. The van der Waals surface area contributed by atoms with Crippen molar-refractivity contribution >= 4 is 11.8 Å². The van der Waals surface area contributed by atoms with Crippen LogP contribution in [0.1, 0.15) is 31.7 Å². The van der Waals surface area contributed by atoms with E-state index in [4.69, 9.17) is 0 Å². The number of rotatable bonds is 5. The van der Waals surface area contributed by atoms with Crippen molar-refractivity contribution in [3.05, 3.63) is 47.5 Å². The van der Waals surface area contributed by atoms with Gasteiger partial charge in [-0.3, -0.25) is 4.79 Å². The van der Waals surface area contributed by atoms with E-state index >= 15 is 0 Å². The SMILES string of the molecule is COC(=O)C(=O)C(CC=C(C)C)c1ccccc1. The van der Waals surface area contributed by atoms with E-state index in [1.54, 1.807) is 0 Å². The number of ketones is 1. The van der Waals surface area contributed by atoms with Gasteiger partial charge >= 0.3 is 5.97 Å². The largest absolute Gasteiger partial charge is 0.463 e. The average molecular weight is 246 g/mol. The van der Waals surface area contributed by atoms with Crippen LogP contribution in [0.3, 0.4) is 0 Å². The van der Waals surface area contributed by atoms with E-state index in [-0.39, 0.29) is 0 Å². The predicted octanol–water partition coefficient (Wildman–Crippen LogP) is 2.87. The Morgan fingerprint density at radius 1 is 1.22 bits per heavy atom. The zero-order valence-corrected chi connectivity index (χ0v) is 11.0. The number of carbonyl (C=O) groups excluding carboxylic acids is 2. The van der Waals surface area contributed by atoms with E-state index in [1.165, 1.54) is 7.11 Å². The number of ether oxygens (including phenoxy) is 1. The fourth-order valence-electron chi connectivity index (χ4n) is 1.68. The van der Waals surface area contributed by atoms with E-state index in [0.717, 1.165) is 11.1 Å². The quantitative estimate of drug-likeness (QED) is 0.456. The maximum Gasteiger partial charge on any atom is 0.374 e. The highest BCUT2D eigenvalue weighted by Gasteiger charge is 2.26. The maximum atomic E-state index is 12.0. The molecule has 0 fully saturated rings. The van der Waals surface area contributed by atoms with Gasteiger partial charge in [-0.1, -0.05) is 42.0 Å². The number of esters is 1. The molecule has 96 valence electrons. The van der Waals surface area contributed by atoms with Gasteiger partial charge in [0.1, 0.15) is 0 Å². The number of allylic oxidation sites excluding steroid dienone is 2. The van der Waals surface area contributed by atoms with E-state index < -0.39 is 17.7 Å². The van der Waals surface area contributed by atoms with Gasteiger partial charge in [0, 0.05) is 0 Å². The zero-order chi connectivity index (χ0) is 13.5. The van der Waals surface area contributed by atoms with Gasteiger partial charge in [0.15, 0.2) is 0 Å². The van der Waals surface area contributed by atoms with Gasteiger partial charge in [0.05, 0.1) is 13.0 Å². The topological polar surface area (TPSA) is 43.4 Å². The highest BCUT2D eigenvalue weighted by atomic mass is 16.5. The zero-order valence-electron chi connectivity index (χ0n) is 11.0. The third kappa shape index (κ3) is 3.84. The molecule has 18 heavy (non-hydrogen) atoms. The van der Waals surface area contributed by atoms with Crippen molar-refractivity contribution < 1.29 is 14.3 Å². The third-order valence-electron chi connectivity index (χ3n) is 2.67. The first-order valence-corrected chi connectivity index (χ1v) is 5.86. The average Bonchev–Trinajstić information content (AvgIpc) is 2.38. The summed E-state index contributed by atoms with van der Waals surface area (Å²) in [5, 5.41) is 0. The minimum Gasteiger partial charge on any atom is -0.463 e. The molecule has 0 radical (unpaired) electrons. The van der Waals surface area contributed by atoms with Crippen molar-refractivity contribution in [2.75, 3.05) is 7.11 Å². The number of benzene rings is 1. The first-order valence-electron chi connectivity index (χ1n) is 5.86. The van der Waals surface area contributed by atoms with Crippen molar-refractivity contribution in [3.8, 4) is 0 Å². The second kappa shape index (κ2) is 6.74. The number of Topliss-reactive ketones (excluding diaryl/α,β-unsaturated/α-hetero) is 1. The summed E-state index contributed by atoms with van der Waals surface area (Å²) in [6.07, 6.45) is 2.47. The summed E-state index contributed by atoms with van der Waals surface area (Å²) in [5.74, 6) is -1.75. The lowest BCUT2D eigenvalue weighted by atomic mass is 9.91. The van der Waals surface area contributed by atoms with Crippen LogP contribution >= 0.6 is 0 Å². The Kier molecular flexibility index (Phi) is 5.31. The minimum atomic E-state index is -0.786. The van der Waals surface area contributed by atoms with Gasteiger partial charge in [-0.2, -0.15) is 0 Å². The lowest BCUT2D eigenvalue weighted by molar-refractivity contribution is -0.152. The fraction of sp³-hybridized carbons (Fsp3) is 0.333. The number of hydrogen-bond acceptors (Lipinski definition) is 3. The molecule has 0 spiro atoms. The molecule has 0 heterocycles. The van der Waals surface area contributed by atoms with Gasteiger partial charge in [-0.25, -0.2) is 4.79 Å². The molecule has 0 aliphatic heterocycles.